The van der Waals surface area contributed by atoms with Gasteiger partial charge in [0.05, 0.1) is 41.8 Å². The zero-order valence-corrected chi connectivity index (χ0v) is 13.9. The first-order valence-corrected chi connectivity index (χ1v) is 7.72. The number of benzene rings is 1. The maximum atomic E-state index is 14.5. The number of morpholine rings is 1. The van der Waals surface area contributed by atoms with Gasteiger partial charge in [0.25, 0.3) is 0 Å². The monoisotopic (exact) mass is 345 g/mol. The van der Waals surface area contributed by atoms with E-state index < -0.39 is 17.4 Å². The molecule has 6 nitrogen and oxygen atoms in total. The molecule has 0 atom stereocenters. The lowest BCUT2D eigenvalue weighted by molar-refractivity contribution is 0.122. The van der Waals surface area contributed by atoms with Crippen molar-refractivity contribution in [2.75, 3.05) is 43.1 Å². The molecular weight excluding hydrogens is 325 g/mol. The molecule has 0 aromatic heterocycles. The van der Waals surface area contributed by atoms with Crippen LogP contribution >= 0.6 is 11.6 Å². The van der Waals surface area contributed by atoms with Gasteiger partial charge in [-0.15, -0.1) is 0 Å². The van der Waals surface area contributed by atoms with Gasteiger partial charge in [-0.25, -0.2) is 9.18 Å². The van der Waals surface area contributed by atoms with Crippen LogP contribution in [0.1, 0.15) is 13.8 Å². The maximum Gasteiger partial charge on any atom is 0.319 e. The molecule has 2 amide bonds. The zero-order chi connectivity index (χ0) is 17.0. The van der Waals surface area contributed by atoms with Crippen LogP contribution in [0.25, 0.3) is 0 Å². The Morgan fingerprint density at radius 3 is 2.70 bits per heavy atom. The van der Waals surface area contributed by atoms with E-state index >= 15 is 0 Å². The second-order valence-corrected chi connectivity index (χ2v) is 6.39. The third kappa shape index (κ3) is 4.46. The lowest BCUT2D eigenvalue weighted by atomic mass is 10.1. The minimum Gasteiger partial charge on any atom is -0.394 e. The summed E-state index contributed by atoms with van der Waals surface area (Å²) in [6, 6.07) is 2.43. The summed E-state index contributed by atoms with van der Waals surface area (Å²) in [6.07, 6.45) is 0. The summed E-state index contributed by atoms with van der Waals surface area (Å²) in [5.41, 5.74) is -0.216. The number of halogens is 2. The molecular formula is C15H21ClFN3O3. The van der Waals surface area contributed by atoms with Crippen molar-refractivity contribution in [3.63, 3.8) is 0 Å². The van der Waals surface area contributed by atoms with Gasteiger partial charge in [-0.2, -0.15) is 0 Å². The van der Waals surface area contributed by atoms with Gasteiger partial charge in [0.15, 0.2) is 5.82 Å². The van der Waals surface area contributed by atoms with Gasteiger partial charge < -0.3 is 25.4 Å². The standard InChI is InChI=1S/C15H21ClFN3O3/c1-15(2,9-21)19-14(22)18-11-4-3-10(16)12(17)13(11)20-5-7-23-8-6-20/h3-4,21H,5-9H2,1-2H3,(H2,18,19,22). The van der Waals surface area contributed by atoms with Crippen molar-refractivity contribution < 1.29 is 19.0 Å². The highest BCUT2D eigenvalue weighted by Crippen LogP contribution is 2.34. The minimum atomic E-state index is -0.784. The van der Waals surface area contributed by atoms with Crippen molar-refractivity contribution in [2.45, 2.75) is 19.4 Å². The Kier molecular flexibility index (Phi) is 5.67. The van der Waals surface area contributed by atoms with Gasteiger partial charge in [0.2, 0.25) is 0 Å². The molecule has 1 heterocycles. The molecule has 2 rings (SSSR count). The normalized spacial score (nSPS) is 15.4. The van der Waals surface area contributed by atoms with Crippen molar-refractivity contribution in [1.82, 2.24) is 5.32 Å². The van der Waals surface area contributed by atoms with Gasteiger partial charge in [-0.3, -0.25) is 0 Å². The van der Waals surface area contributed by atoms with Crippen LogP contribution in [0.4, 0.5) is 20.6 Å². The SMILES string of the molecule is CC(C)(CO)NC(=O)Nc1ccc(Cl)c(F)c1N1CCOCC1. The molecule has 0 aliphatic carbocycles. The topological polar surface area (TPSA) is 73.8 Å². The van der Waals surface area contributed by atoms with Gasteiger partial charge in [0.1, 0.15) is 0 Å². The number of hydrogen-bond donors (Lipinski definition) is 3. The van der Waals surface area contributed by atoms with E-state index in [1.54, 1.807) is 24.8 Å². The van der Waals surface area contributed by atoms with E-state index in [1.807, 2.05) is 0 Å². The summed E-state index contributed by atoms with van der Waals surface area (Å²) in [7, 11) is 0. The van der Waals surface area contributed by atoms with Crippen LogP contribution in [-0.2, 0) is 4.74 Å². The molecule has 23 heavy (non-hydrogen) atoms. The Hall–Kier alpha value is -1.57. The summed E-state index contributed by atoms with van der Waals surface area (Å²) in [5, 5.41) is 14.4. The highest BCUT2D eigenvalue weighted by atomic mass is 35.5. The first kappa shape index (κ1) is 17.8. The average molecular weight is 346 g/mol. The van der Waals surface area contributed by atoms with E-state index in [1.165, 1.54) is 6.07 Å². The Labute approximate surface area is 139 Å². The number of aliphatic hydroxyl groups is 1. The lowest BCUT2D eigenvalue weighted by Gasteiger charge is -2.31. The summed E-state index contributed by atoms with van der Waals surface area (Å²) < 4.78 is 19.7. The van der Waals surface area contributed by atoms with Crippen molar-refractivity contribution in [1.29, 1.82) is 0 Å². The highest BCUT2D eigenvalue weighted by molar-refractivity contribution is 6.31. The number of nitrogens with one attached hydrogen (secondary N) is 2. The molecule has 0 spiro atoms. The largest absolute Gasteiger partial charge is 0.394 e. The van der Waals surface area contributed by atoms with E-state index in [0.29, 0.717) is 32.0 Å². The lowest BCUT2D eigenvalue weighted by Crippen LogP contribution is -2.48. The number of rotatable bonds is 4. The second kappa shape index (κ2) is 7.33. The Bertz CT molecular complexity index is 577. The van der Waals surface area contributed by atoms with Crippen LogP contribution in [0.2, 0.25) is 5.02 Å². The fourth-order valence-corrected chi connectivity index (χ4v) is 2.39. The van der Waals surface area contributed by atoms with Crippen molar-refractivity contribution in [3.8, 4) is 0 Å². The van der Waals surface area contributed by atoms with Crippen molar-refractivity contribution in [3.05, 3.63) is 23.0 Å². The number of amides is 2. The van der Waals surface area contributed by atoms with Crippen LogP contribution in [0, 0.1) is 5.82 Å². The molecule has 0 bridgehead atoms. The number of carbonyl (C=O) groups excluding carboxylic acids is 1. The van der Waals surface area contributed by atoms with E-state index in [2.05, 4.69) is 10.6 Å². The number of aliphatic hydroxyl groups excluding tert-OH is 1. The smallest absolute Gasteiger partial charge is 0.319 e. The number of urea groups is 1. The van der Waals surface area contributed by atoms with Gasteiger partial charge >= 0.3 is 6.03 Å². The number of nitrogens with zero attached hydrogens (tertiary/aromatic N) is 1. The molecule has 8 heteroatoms. The van der Waals surface area contributed by atoms with Crippen LogP contribution in [0.5, 0.6) is 0 Å². The predicted octanol–water partition coefficient (Wildman–Crippen LogP) is 2.21. The molecule has 1 aliphatic heterocycles. The number of hydrogen-bond acceptors (Lipinski definition) is 4. The summed E-state index contributed by atoms with van der Waals surface area (Å²) >= 11 is 5.88. The highest BCUT2D eigenvalue weighted by Gasteiger charge is 2.24. The van der Waals surface area contributed by atoms with Gasteiger partial charge in [-0.05, 0) is 26.0 Å². The quantitative estimate of drug-likeness (QED) is 0.782. The molecule has 128 valence electrons. The predicted molar refractivity (Wildman–Crippen MR) is 87.8 cm³/mol. The molecule has 0 saturated carbocycles. The maximum absolute atomic E-state index is 14.5. The fraction of sp³-hybridized carbons (Fsp3) is 0.533. The van der Waals surface area contributed by atoms with Crippen molar-refractivity contribution in [2.24, 2.45) is 0 Å². The van der Waals surface area contributed by atoms with Crippen LogP contribution < -0.4 is 15.5 Å². The van der Waals surface area contributed by atoms with Crippen LogP contribution in [-0.4, -0.2) is 49.6 Å². The van der Waals surface area contributed by atoms with Crippen molar-refractivity contribution >= 4 is 29.0 Å². The molecule has 1 aromatic rings. The first-order chi connectivity index (χ1) is 10.8. The summed E-state index contributed by atoms with van der Waals surface area (Å²) in [5.74, 6) is -0.576. The molecule has 1 saturated heterocycles. The van der Waals surface area contributed by atoms with E-state index in [-0.39, 0.29) is 17.3 Å². The van der Waals surface area contributed by atoms with E-state index in [4.69, 9.17) is 16.3 Å². The van der Waals surface area contributed by atoms with Crippen LogP contribution in [0.3, 0.4) is 0 Å². The fourth-order valence-electron chi connectivity index (χ4n) is 2.24. The number of ether oxygens (including phenoxy) is 1. The molecule has 1 aliphatic rings. The summed E-state index contributed by atoms with van der Waals surface area (Å²) in [6.45, 7) is 5.12. The summed E-state index contributed by atoms with van der Waals surface area (Å²) in [4.78, 5) is 13.9. The Morgan fingerprint density at radius 2 is 2.09 bits per heavy atom. The van der Waals surface area contributed by atoms with E-state index in [0.717, 1.165) is 0 Å². The first-order valence-electron chi connectivity index (χ1n) is 7.35. The number of carbonyl (C=O) groups is 1. The van der Waals surface area contributed by atoms with Gasteiger partial charge in [0, 0.05) is 13.1 Å². The Morgan fingerprint density at radius 1 is 1.43 bits per heavy atom. The zero-order valence-electron chi connectivity index (χ0n) is 13.2. The molecule has 1 fully saturated rings. The third-order valence-corrected chi connectivity index (χ3v) is 3.78. The Balaban J connectivity index is 2.24. The molecule has 0 unspecified atom stereocenters. The second-order valence-electron chi connectivity index (χ2n) is 5.98. The molecule has 0 radical (unpaired) electrons. The number of anilines is 2. The van der Waals surface area contributed by atoms with Gasteiger partial charge in [-0.1, -0.05) is 11.6 Å². The van der Waals surface area contributed by atoms with Crippen LogP contribution in [0.15, 0.2) is 12.1 Å². The average Bonchev–Trinajstić information content (AvgIpc) is 2.51. The molecule has 3 N–H and O–H groups in total. The third-order valence-electron chi connectivity index (χ3n) is 3.49. The van der Waals surface area contributed by atoms with E-state index in [9.17, 15) is 14.3 Å². The minimum absolute atomic E-state index is 0.00635. The molecule has 1 aromatic carbocycles.